The number of rotatable bonds is 5. The lowest BCUT2D eigenvalue weighted by Gasteiger charge is -2.49. The van der Waals surface area contributed by atoms with Crippen LogP contribution in [0.1, 0.15) is 44.6 Å². The molecule has 1 saturated heterocycles. The molecule has 1 aromatic rings. The van der Waals surface area contributed by atoms with Crippen molar-refractivity contribution in [3.8, 4) is 0 Å². The van der Waals surface area contributed by atoms with Gasteiger partial charge in [0.2, 0.25) is 5.91 Å². The first-order chi connectivity index (χ1) is 11.9. The molecule has 1 aliphatic heterocycles. The quantitative estimate of drug-likeness (QED) is 0.870. The number of likely N-dealkylation sites (tertiary alicyclic amines) is 1. The molecule has 0 unspecified atom stereocenters. The van der Waals surface area contributed by atoms with Crippen LogP contribution < -0.4 is 0 Å². The van der Waals surface area contributed by atoms with Gasteiger partial charge in [-0.05, 0) is 43.4 Å². The van der Waals surface area contributed by atoms with Crippen molar-refractivity contribution in [3.05, 3.63) is 34.9 Å². The Labute approximate surface area is 155 Å². The van der Waals surface area contributed by atoms with E-state index in [-0.39, 0.29) is 11.8 Å². The molecule has 2 aliphatic rings. The van der Waals surface area contributed by atoms with Crippen LogP contribution >= 0.6 is 11.6 Å². The molecule has 0 spiro atoms. The fourth-order valence-electron chi connectivity index (χ4n) is 4.23. The van der Waals surface area contributed by atoms with Gasteiger partial charge in [-0.1, -0.05) is 37.1 Å². The molecule has 1 aliphatic carbocycles. The van der Waals surface area contributed by atoms with E-state index in [1.165, 1.54) is 0 Å². The minimum Gasteiger partial charge on any atom is -0.389 e. The number of nitrogens with zero attached hydrogens (tertiary/aromatic N) is 1. The summed E-state index contributed by atoms with van der Waals surface area (Å²) in [5.74, 6) is 0.254. The van der Waals surface area contributed by atoms with Crippen molar-refractivity contribution in [1.82, 2.24) is 4.90 Å². The molecule has 25 heavy (non-hydrogen) atoms. The predicted octanol–water partition coefficient (Wildman–Crippen LogP) is 3.40. The number of carbonyl (C=O) groups excluding carboxylic acids is 1. The van der Waals surface area contributed by atoms with E-state index < -0.39 is 11.0 Å². The third kappa shape index (κ3) is 3.44. The van der Waals surface area contributed by atoms with Crippen LogP contribution in [0.2, 0.25) is 5.02 Å². The monoisotopic (exact) mass is 365 g/mol. The van der Waals surface area contributed by atoms with Gasteiger partial charge in [0.1, 0.15) is 0 Å². The Balaban J connectivity index is 1.74. The van der Waals surface area contributed by atoms with Crippen LogP contribution in [-0.4, -0.2) is 48.3 Å². The number of benzene rings is 1. The van der Waals surface area contributed by atoms with E-state index in [1.807, 2.05) is 36.1 Å². The number of piperidine rings is 1. The Morgan fingerprint density at radius 1 is 1.32 bits per heavy atom. The van der Waals surface area contributed by atoms with E-state index in [0.717, 1.165) is 24.8 Å². The number of ether oxygens (including phenoxy) is 1. The second kappa shape index (κ2) is 7.26. The first kappa shape index (κ1) is 18.7. The summed E-state index contributed by atoms with van der Waals surface area (Å²) in [5.41, 5.74) is -0.0624. The highest BCUT2D eigenvalue weighted by Gasteiger charge is 2.50. The van der Waals surface area contributed by atoms with Crippen LogP contribution in [0.15, 0.2) is 24.3 Å². The average molecular weight is 366 g/mol. The molecule has 0 bridgehead atoms. The molecule has 2 fully saturated rings. The lowest BCUT2D eigenvalue weighted by Crippen LogP contribution is -2.58. The Hall–Kier alpha value is -1.10. The summed E-state index contributed by atoms with van der Waals surface area (Å²) in [4.78, 5) is 15.3. The summed E-state index contributed by atoms with van der Waals surface area (Å²) in [6.45, 7) is 3.79. The number of carbonyl (C=O) groups is 1. The van der Waals surface area contributed by atoms with E-state index in [9.17, 15) is 9.90 Å². The van der Waals surface area contributed by atoms with E-state index >= 15 is 0 Å². The van der Waals surface area contributed by atoms with Crippen molar-refractivity contribution in [2.24, 2.45) is 5.92 Å². The molecular formula is C20H28ClNO3. The highest BCUT2D eigenvalue weighted by molar-refractivity contribution is 6.30. The van der Waals surface area contributed by atoms with Gasteiger partial charge in [-0.2, -0.15) is 0 Å². The smallest absolute Gasteiger partial charge is 0.233 e. The standard InChI is InChI=1S/C20H28ClNO3/c1-15-14-22(12-10-20(15,24)11-13-25-2)18(23)19(8-3-9-19)16-4-6-17(21)7-5-16/h4-7,15,24H,3,8-14H2,1-2H3/t15-,20-/m0/s1. The maximum Gasteiger partial charge on any atom is 0.233 e. The zero-order valence-electron chi connectivity index (χ0n) is 15.1. The predicted molar refractivity (Wildman–Crippen MR) is 98.8 cm³/mol. The van der Waals surface area contributed by atoms with Crippen molar-refractivity contribution < 1.29 is 14.6 Å². The van der Waals surface area contributed by atoms with Crippen LogP contribution in [0, 0.1) is 5.92 Å². The summed E-state index contributed by atoms with van der Waals surface area (Å²) < 4.78 is 5.13. The second-order valence-electron chi connectivity index (χ2n) is 7.69. The summed E-state index contributed by atoms with van der Waals surface area (Å²) in [7, 11) is 1.65. The molecule has 0 aromatic heterocycles. The third-order valence-corrected chi connectivity index (χ3v) is 6.52. The highest BCUT2D eigenvalue weighted by Crippen LogP contribution is 2.46. The summed E-state index contributed by atoms with van der Waals surface area (Å²) >= 11 is 6.01. The number of methoxy groups -OCH3 is 1. The van der Waals surface area contributed by atoms with Gasteiger partial charge in [-0.15, -0.1) is 0 Å². The Morgan fingerprint density at radius 2 is 2.00 bits per heavy atom. The summed E-state index contributed by atoms with van der Waals surface area (Å²) in [5, 5.41) is 11.6. The molecular weight excluding hydrogens is 338 g/mol. The lowest BCUT2D eigenvalue weighted by molar-refractivity contribution is -0.150. The first-order valence-corrected chi connectivity index (χ1v) is 9.56. The summed E-state index contributed by atoms with van der Waals surface area (Å²) in [6, 6.07) is 7.71. The Kier molecular flexibility index (Phi) is 5.42. The van der Waals surface area contributed by atoms with E-state index in [4.69, 9.17) is 16.3 Å². The topological polar surface area (TPSA) is 49.8 Å². The normalized spacial score (nSPS) is 28.5. The van der Waals surface area contributed by atoms with Gasteiger partial charge >= 0.3 is 0 Å². The molecule has 2 atom stereocenters. The van der Waals surface area contributed by atoms with Gasteiger partial charge in [-0.25, -0.2) is 0 Å². The molecule has 1 heterocycles. The van der Waals surface area contributed by atoms with E-state index in [1.54, 1.807) is 7.11 Å². The minimum atomic E-state index is -0.736. The van der Waals surface area contributed by atoms with Crippen molar-refractivity contribution in [2.75, 3.05) is 26.8 Å². The van der Waals surface area contributed by atoms with Crippen LogP contribution in [0.4, 0.5) is 0 Å². The lowest BCUT2D eigenvalue weighted by atomic mass is 9.63. The molecule has 4 nitrogen and oxygen atoms in total. The largest absolute Gasteiger partial charge is 0.389 e. The molecule has 1 N–H and O–H groups in total. The highest BCUT2D eigenvalue weighted by atomic mass is 35.5. The van der Waals surface area contributed by atoms with Crippen LogP contribution in [0.3, 0.4) is 0 Å². The first-order valence-electron chi connectivity index (χ1n) is 9.18. The van der Waals surface area contributed by atoms with Gasteiger partial charge in [0.05, 0.1) is 11.0 Å². The van der Waals surface area contributed by atoms with Gasteiger partial charge in [-0.3, -0.25) is 4.79 Å². The molecule has 5 heteroatoms. The van der Waals surface area contributed by atoms with Crippen molar-refractivity contribution in [1.29, 1.82) is 0 Å². The zero-order valence-corrected chi connectivity index (χ0v) is 15.9. The van der Waals surface area contributed by atoms with E-state index in [2.05, 4.69) is 0 Å². The number of hydrogen-bond acceptors (Lipinski definition) is 3. The molecule has 1 aromatic carbocycles. The number of aliphatic hydroxyl groups is 1. The molecule has 138 valence electrons. The van der Waals surface area contributed by atoms with Crippen LogP contribution in [0.25, 0.3) is 0 Å². The maximum atomic E-state index is 13.3. The van der Waals surface area contributed by atoms with Crippen molar-refractivity contribution in [2.45, 2.75) is 50.0 Å². The Bertz CT molecular complexity index is 614. The molecule has 1 amide bonds. The second-order valence-corrected chi connectivity index (χ2v) is 8.13. The number of amides is 1. The van der Waals surface area contributed by atoms with Gasteiger partial charge < -0.3 is 14.7 Å². The minimum absolute atomic E-state index is 0.0442. The fourth-order valence-corrected chi connectivity index (χ4v) is 4.36. The van der Waals surface area contributed by atoms with Gasteiger partial charge in [0, 0.05) is 37.7 Å². The number of hydrogen-bond donors (Lipinski definition) is 1. The molecule has 0 radical (unpaired) electrons. The van der Waals surface area contributed by atoms with Crippen LogP contribution in [-0.2, 0) is 14.9 Å². The molecule has 3 rings (SSSR count). The SMILES string of the molecule is COCC[C@@]1(O)CCN(C(=O)C2(c3ccc(Cl)cc3)CCC2)C[C@@H]1C. The van der Waals surface area contributed by atoms with Crippen molar-refractivity contribution >= 4 is 17.5 Å². The third-order valence-electron chi connectivity index (χ3n) is 6.27. The average Bonchev–Trinajstić information content (AvgIpc) is 2.56. The van der Waals surface area contributed by atoms with E-state index in [0.29, 0.717) is 37.6 Å². The van der Waals surface area contributed by atoms with Crippen molar-refractivity contribution in [3.63, 3.8) is 0 Å². The van der Waals surface area contributed by atoms with Gasteiger partial charge in [0.15, 0.2) is 0 Å². The zero-order chi connectivity index (χ0) is 18.1. The van der Waals surface area contributed by atoms with Gasteiger partial charge in [0.25, 0.3) is 0 Å². The fraction of sp³-hybridized carbons (Fsp3) is 0.650. The molecule has 1 saturated carbocycles. The maximum absolute atomic E-state index is 13.3. The summed E-state index contributed by atoms with van der Waals surface area (Å²) in [6.07, 6.45) is 4.10. The number of halogens is 1. The Morgan fingerprint density at radius 3 is 2.52 bits per heavy atom. The van der Waals surface area contributed by atoms with Crippen LogP contribution in [0.5, 0.6) is 0 Å².